The summed E-state index contributed by atoms with van der Waals surface area (Å²) in [5.74, 6) is -0.763. The highest BCUT2D eigenvalue weighted by Gasteiger charge is 2.23. The number of rotatable bonds is 5. The van der Waals surface area contributed by atoms with Crippen LogP contribution in [0.4, 0.5) is 0 Å². The second-order valence-electron chi connectivity index (χ2n) is 5.32. The Bertz CT molecular complexity index is 815. The number of aromatic amines is 1. The molecule has 0 fully saturated rings. The molecule has 2 aromatic rings. The smallest absolute Gasteiger partial charge is 0.339 e. The van der Waals surface area contributed by atoms with Gasteiger partial charge in [-0.1, -0.05) is 19.1 Å². The van der Waals surface area contributed by atoms with Crippen molar-refractivity contribution in [2.75, 3.05) is 7.11 Å². The van der Waals surface area contributed by atoms with Crippen molar-refractivity contribution < 1.29 is 14.3 Å². The minimum atomic E-state index is -0.457. The van der Waals surface area contributed by atoms with Crippen LogP contribution in [0.1, 0.15) is 50.2 Å². The first-order valence-electron chi connectivity index (χ1n) is 7.58. The number of hydrogen-bond donors (Lipinski definition) is 2. The molecule has 0 bridgehead atoms. The van der Waals surface area contributed by atoms with Crippen molar-refractivity contribution in [1.29, 1.82) is 5.26 Å². The highest BCUT2D eigenvalue weighted by molar-refractivity contribution is 6.00. The SMILES string of the molecule is CCc1[nH]c(C(=O)NCc2cccc(C#N)c2)c(C)c1C(=O)OC. The molecule has 0 atom stereocenters. The highest BCUT2D eigenvalue weighted by atomic mass is 16.5. The Morgan fingerprint density at radius 2 is 2.12 bits per heavy atom. The standard InChI is InChI=1S/C18H19N3O3/c1-4-14-15(18(23)24-3)11(2)16(21-14)17(22)20-10-13-7-5-6-12(8-13)9-19/h5-8,21H,4,10H2,1-3H3,(H,20,22). The number of aryl methyl sites for hydroxylation is 1. The van der Waals surface area contributed by atoms with Crippen molar-refractivity contribution in [1.82, 2.24) is 10.3 Å². The zero-order valence-corrected chi connectivity index (χ0v) is 13.9. The molecule has 0 aliphatic rings. The predicted molar refractivity (Wildman–Crippen MR) is 88.6 cm³/mol. The second-order valence-corrected chi connectivity index (χ2v) is 5.32. The van der Waals surface area contributed by atoms with E-state index in [1.807, 2.05) is 13.0 Å². The van der Waals surface area contributed by atoms with Gasteiger partial charge in [-0.05, 0) is 36.6 Å². The Morgan fingerprint density at radius 1 is 1.38 bits per heavy atom. The van der Waals surface area contributed by atoms with Crippen molar-refractivity contribution in [3.8, 4) is 6.07 Å². The number of nitriles is 1. The Labute approximate surface area is 140 Å². The summed E-state index contributed by atoms with van der Waals surface area (Å²) in [6.07, 6.45) is 0.586. The van der Waals surface area contributed by atoms with E-state index >= 15 is 0 Å². The van der Waals surface area contributed by atoms with Crippen LogP contribution in [0.2, 0.25) is 0 Å². The average Bonchev–Trinajstić information content (AvgIpc) is 2.95. The molecule has 6 heteroatoms. The van der Waals surface area contributed by atoms with E-state index in [2.05, 4.69) is 16.4 Å². The largest absolute Gasteiger partial charge is 0.465 e. The van der Waals surface area contributed by atoms with E-state index in [0.717, 1.165) is 5.56 Å². The molecule has 1 aromatic carbocycles. The maximum atomic E-state index is 12.4. The highest BCUT2D eigenvalue weighted by Crippen LogP contribution is 2.20. The summed E-state index contributed by atoms with van der Waals surface area (Å²) in [5, 5.41) is 11.7. The summed E-state index contributed by atoms with van der Waals surface area (Å²) < 4.78 is 4.79. The first-order chi connectivity index (χ1) is 11.5. The van der Waals surface area contributed by atoms with Gasteiger partial charge in [-0.2, -0.15) is 5.26 Å². The van der Waals surface area contributed by atoms with E-state index in [4.69, 9.17) is 10.00 Å². The molecule has 1 amide bonds. The van der Waals surface area contributed by atoms with Crippen molar-refractivity contribution in [3.63, 3.8) is 0 Å². The monoisotopic (exact) mass is 325 g/mol. The molecule has 1 heterocycles. The number of methoxy groups -OCH3 is 1. The van der Waals surface area contributed by atoms with Crippen LogP contribution in [0, 0.1) is 18.3 Å². The quantitative estimate of drug-likeness (QED) is 0.826. The minimum Gasteiger partial charge on any atom is -0.465 e. The number of carbonyl (C=O) groups is 2. The van der Waals surface area contributed by atoms with Gasteiger partial charge < -0.3 is 15.0 Å². The normalized spacial score (nSPS) is 10.1. The molecule has 124 valence electrons. The van der Waals surface area contributed by atoms with Crippen LogP contribution in [0.3, 0.4) is 0 Å². The molecule has 1 aromatic heterocycles. The van der Waals surface area contributed by atoms with E-state index in [9.17, 15) is 9.59 Å². The lowest BCUT2D eigenvalue weighted by Crippen LogP contribution is -2.24. The summed E-state index contributed by atoms with van der Waals surface area (Å²) in [7, 11) is 1.32. The summed E-state index contributed by atoms with van der Waals surface area (Å²) in [6.45, 7) is 3.90. The van der Waals surface area contributed by atoms with Crippen LogP contribution >= 0.6 is 0 Å². The predicted octanol–water partition coefficient (Wildman–Crippen LogP) is 2.47. The number of nitrogens with one attached hydrogen (secondary N) is 2. The molecule has 0 saturated heterocycles. The molecular weight excluding hydrogens is 306 g/mol. The molecule has 0 aliphatic carbocycles. The Balaban J connectivity index is 2.19. The van der Waals surface area contributed by atoms with Crippen molar-refractivity contribution >= 4 is 11.9 Å². The van der Waals surface area contributed by atoms with Crippen LogP contribution in [-0.4, -0.2) is 24.0 Å². The van der Waals surface area contributed by atoms with Crippen LogP contribution in [0.5, 0.6) is 0 Å². The van der Waals surface area contributed by atoms with Crippen molar-refractivity contribution in [3.05, 3.63) is 57.9 Å². The number of H-pyrrole nitrogens is 1. The van der Waals surface area contributed by atoms with Gasteiger partial charge in [0, 0.05) is 12.2 Å². The van der Waals surface area contributed by atoms with Gasteiger partial charge in [-0.3, -0.25) is 4.79 Å². The van der Waals surface area contributed by atoms with Crippen LogP contribution in [0.15, 0.2) is 24.3 Å². The maximum Gasteiger partial charge on any atom is 0.339 e. The lowest BCUT2D eigenvalue weighted by molar-refractivity contribution is 0.0599. The third-order valence-electron chi connectivity index (χ3n) is 3.81. The fourth-order valence-corrected chi connectivity index (χ4v) is 2.55. The molecular formula is C18H19N3O3. The Hall–Kier alpha value is -3.07. The molecule has 0 unspecified atom stereocenters. The fraction of sp³-hybridized carbons (Fsp3) is 0.278. The number of benzene rings is 1. The minimum absolute atomic E-state index is 0.293. The number of carbonyl (C=O) groups excluding carboxylic acids is 2. The summed E-state index contributed by atoms with van der Waals surface area (Å²) >= 11 is 0. The topological polar surface area (TPSA) is 95.0 Å². The molecule has 0 saturated carbocycles. The van der Waals surface area contributed by atoms with E-state index in [-0.39, 0.29) is 5.91 Å². The van der Waals surface area contributed by atoms with Crippen molar-refractivity contribution in [2.45, 2.75) is 26.8 Å². The molecule has 0 radical (unpaired) electrons. The lowest BCUT2D eigenvalue weighted by Gasteiger charge is -2.05. The summed E-state index contributed by atoms with van der Waals surface area (Å²) in [5.41, 5.74) is 3.38. The molecule has 24 heavy (non-hydrogen) atoms. The van der Waals surface area contributed by atoms with Gasteiger partial charge in [0.15, 0.2) is 0 Å². The number of esters is 1. The fourth-order valence-electron chi connectivity index (χ4n) is 2.55. The van der Waals surface area contributed by atoms with Gasteiger partial charge in [0.25, 0.3) is 5.91 Å². The number of aromatic nitrogens is 1. The molecule has 0 aliphatic heterocycles. The second kappa shape index (κ2) is 7.47. The van der Waals surface area contributed by atoms with E-state index in [0.29, 0.717) is 41.0 Å². The van der Waals surface area contributed by atoms with E-state index in [1.165, 1.54) is 7.11 Å². The number of nitrogens with zero attached hydrogens (tertiary/aromatic N) is 1. The maximum absolute atomic E-state index is 12.4. The average molecular weight is 325 g/mol. The summed E-state index contributed by atoms with van der Waals surface area (Å²) in [4.78, 5) is 27.3. The first kappa shape index (κ1) is 17.3. The third-order valence-corrected chi connectivity index (χ3v) is 3.81. The Morgan fingerprint density at radius 3 is 2.75 bits per heavy atom. The third kappa shape index (κ3) is 3.46. The zero-order chi connectivity index (χ0) is 17.7. The van der Waals surface area contributed by atoms with Crippen molar-refractivity contribution in [2.24, 2.45) is 0 Å². The Kier molecular flexibility index (Phi) is 5.38. The number of amides is 1. The first-order valence-corrected chi connectivity index (χ1v) is 7.58. The summed E-state index contributed by atoms with van der Waals surface area (Å²) in [6, 6.07) is 9.09. The van der Waals surface area contributed by atoms with Gasteiger partial charge >= 0.3 is 5.97 Å². The van der Waals surface area contributed by atoms with E-state index in [1.54, 1.807) is 25.1 Å². The van der Waals surface area contributed by atoms with Gasteiger partial charge in [0.1, 0.15) is 5.69 Å². The molecule has 6 nitrogen and oxygen atoms in total. The van der Waals surface area contributed by atoms with Gasteiger partial charge in [0.2, 0.25) is 0 Å². The molecule has 0 spiro atoms. The van der Waals surface area contributed by atoms with E-state index < -0.39 is 5.97 Å². The van der Waals surface area contributed by atoms with Gasteiger partial charge in [-0.25, -0.2) is 4.79 Å². The molecule has 2 rings (SSSR count). The lowest BCUT2D eigenvalue weighted by atomic mass is 10.1. The van der Waals surface area contributed by atoms with Crippen LogP contribution in [0.25, 0.3) is 0 Å². The number of ether oxygens (including phenoxy) is 1. The van der Waals surface area contributed by atoms with Crippen LogP contribution < -0.4 is 5.32 Å². The number of hydrogen-bond acceptors (Lipinski definition) is 4. The van der Waals surface area contributed by atoms with Crippen LogP contribution in [-0.2, 0) is 17.7 Å². The van der Waals surface area contributed by atoms with Gasteiger partial charge in [-0.15, -0.1) is 0 Å². The molecule has 2 N–H and O–H groups in total. The van der Waals surface area contributed by atoms with Gasteiger partial charge in [0.05, 0.1) is 24.3 Å². The zero-order valence-electron chi connectivity index (χ0n) is 13.9.